The number of benzene rings is 1. The minimum absolute atomic E-state index is 0.164. The minimum atomic E-state index is 0.164. The van der Waals surface area contributed by atoms with E-state index in [4.69, 9.17) is 11.6 Å². The Kier molecular flexibility index (Phi) is 5.00. The molecule has 1 aromatic heterocycles. The first kappa shape index (κ1) is 14.1. The van der Waals surface area contributed by atoms with E-state index in [0.29, 0.717) is 5.02 Å². The first-order valence-electron chi connectivity index (χ1n) is 6.01. The summed E-state index contributed by atoms with van der Waals surface area (Å²) in [5.74, 6) is 0.820. The van der Waals surface area contributed by atoms with Crippen LogP contribution in [0.2, 0.25) is 5.02 Å². The van der Waals surface area contributed by atoms with E-state index < -0.39 is 0 Å². The predicted molar refractivity (Wildman–Crippen MR) is 83.5 cm³/mol. The molecule has 0 atom stereocenters. The lowest BCUT2D eigenvalue weighted by Crippen LogP contribution is -1.84. The van der Waals surface area contributed by atoms with Crippen LogP contribution >= 0.6 is 23.4 Å². The number of allylic oxidation sites excluding steroid dienone is 1. The molecule has 0 N–H and O–H groups in total. The Hall–Kier alpha value is -1.32. The van der Waals surface area contributed by atoms with Gasteiger partial charge in [-0.1, -0.05) is 41.6 Å². The maximum Gasteiger partial charge on any atom is 0.185 e. The highest BCUT2D eigenvalue weighted by atomic mass is 35.5. The predicted octanol–water partition coefficient (Wildman–Crippen LogP) is 4.57. The number of fused-ring (bicyclic) bond motifs is 1. The van der Waals surface area contributed by atoms with Crippen molar-refractivity contribution < 1.29 is 4.79 Å². The van der Waals surface area contributed by atoms with Crippen molar-refractivity contribution in [1.29, 1.82) is 0 Å². The lowest BCUT2D eigenvalue weighted by atomic mass is 10.1. The smallest absolute Gasteiger partial charge is 0.185 e. The van der Waals surface area contributed by atoms with Gasteiger partial charge in [0.1, 0.15) is 0 Å². The highest BCUT2D eigenvalue weighted by Gasteiger charge is 1.99. The summed E-state index contributed by atoms with van der Waals surface area (Å²) in [6.07, 6.45) is 6.81. The Labute approximate surface area is 121 Å². The van der Waals surface area contributed by atoms with Crippen molar-refractivity contribution in [3.05, 3.63) is 47.1 Å². The molecule has 2 aromatic rings. The van der Waals surface area contributed by atoms with Gasteiger partial charge < -0.3 is 0 Å². The molecule has 0 spiro atoms. The molecule has 0 aliphatic rings. The summed E-state index contributed by atoms with van der Waals surface area (Å²) >= 11 is 7.31. The Balaban J connectivity index is 2.12. The van der Waals surface area contributed by atoms with E-state index in [2.05, 4.69) is 17.1 Å². The van der Waals surface area contributed by atoms with Crippen LogP contribution in [0.25, 0.3) is 17.0 Å². The Bertz CT molecular complexity index is 625. The molecule has 0 saturated carbocycles. The van der Waals surface area contributed by atoms with Crippen LogP contribution in [-0.2, 0) is 4.79 Å². The summed E-state index contributed by atoms with van der Waals surface area (Å²) in [5, 5.41) is 1.94. The summed E-state index contributed by atoms with van der Waals surface area (Å²) in [4.78, 5) is 15.1. The van der Waals surface area contributed by atoms with E-state index in [1.807, 2.05) is 24.3 Å². The second-order valence-electron chi connectivity index (χ2n) is 4.09. The zero-order valence-electron chi connectivity index (χ0n) is 10.6. The SMILES string of the molecule is CC(=O)SCCC=Cc1ccnc2cc(Cl)ccc12. The lowest BCUT2D eigenvalue weighted by molar-refractivity contribution is -0.109. The van der Waals surface area contributed by atoms with Gasteiger partial charge in [-0.05, 0) is 30.2 Å². The molecule has 2 rings (SSSR count). The number of hydrogen-bond acceptors (Lipinski definition) is 3. The Morgan fingerprint density at radius 1 is 1.42 bits per heavy atom. The van der Waals surface area contributed by atoms with Crippen molar-refractivity contribution in [2.75, 3.05) is 5.75 Å². The minimum Gasteiger partial charge on any atom is -0.288 e. The lowest BCUT2D eigenvalue weighted by Gasteiger charge is -2.02. The van der Waals surface area contributed by atoms with Gasteiger partial charge in [0.2, 0.25) is 0 Å². The largest absolute Gasteiger partial charge is 0.288 e. The van der Waals surface area contributed by atoms with Gasteiger partial charge in [0.15, 0.2) is 5.12 Å². The molecule has 1 heterocycles. The van der Waals surface area contributed by atoms with E-state index in [0.717, 1.165) is 28.6 Å². The fourth-order valence-corrected chi connectivity index (χ4v) is 2.48. The summed E-state index contributed by atoms with van der Waals surface area (Å²) in [6.45, 7) is 1.59. The van der Waals surface area contributed by atoms with Crippen LogP contribution in [-0.4, -0.2) is 15.9 Å². The number of thioether (sulfide) groups is 1. The number of aromatic nitrogens is 1. The normalized spacial score (nSPS) is 11.3. The summed E-state index contributed by atoms with van der Waals surface area (Å²) < 4.78 is 0. The van der Waals surface area contributed by atoms with E-state index in [1.165, 1.54) is 11.8 Å². The van der Waals surface area contributed by atoms with E-state index in [1.54, 1.807) is 13.1 Å². The van der Waals surface area contributed by atoms with Crippen LogP contribution in [0.4, 0.5) is 0 Å². The molecular weight excluding hydrogens is 278 g/mol. The molecule has 0 bridgehead atoms. The molecule has 0 saturated heterocycles. The maximum atomic E-state index is 10.8. The van der Waals surface area contributed by atoms with Crippen LogP contribution < -0.4 is 0 Å². The van der Waals surface area contributed by atoms with Gasteiger partial charge in [-0.15, -0.1) is 0 Å². The topological polar surface area (TPSA) is 30.0 Å². The maximum absolute atomic E-state index is 10.8. The van der Waals surface area contributed by atoms with Gasteiger partial charge in [0.25, 0.3) is 0 Å². The third-order valence-corrected chi connectivity index (χ3v) is 3.71. The molecular formula is C15H14ClNOS. The van der Waals surface area contributed by atoms with Gasteiger partial charge in [-0.3, -0.25) is 9.78 Å². The van der Waals surface area contributed by atoms with Gasteiger partial charge in [0.05, 0.1) is 5.52 Å². The molecule has 0 fully saturated rings. The Morgan fingerprint density at radius 3 is 3.05 bits per heavy atom. The second-order valence-corrected chi connectivity index (χ2v) is 5.80. The summed E-state index contributed by atoms with van der Waals surface area (Å²) in [6, 6.07) is 7.69. The van der Waals surface area contributed by atoms with Gasteiger partial charge >= 0.3 is 0 Å². The molecule has 98 valence electrons. The number of rotatable bonds is 4. The molecule has 0 radical (unpaired) electrons. The molecule has 2 nitrogen and oxygen atoms in total. The molecule has 0 amide bonds. The van der Waals surface area contributed by atoms with Gasteiger partial charge in [-0.2, -0.15) is 0 Å². The fraction of sp³-hybridized carbons (Fsp3) is 0.200. The molecule has 4 heteroatoms. The van der Waals surface area contributed by atoms with E-state index in [9.17, 15) is 4.79 Å². The second kappa shape index (κ2) is 6.73. The third-order valence-electron chi connectivity index (χ3n) is 2.63. The number of carbonyl (C=O) groups excluding carboxylic acids is 1. The highest BCUT2D eigenvalue weighted by Crippen LogP contribution is 2.21. The number of halogens is 1. The van der Waals surface area contributed by atoms with Crippen LogP contribution in [0, 0.1) is 0 Å². The highest BCUT2D eigenvalue weighted by molar-refractivity contribution is 8.13. The van der Waals surface area contributed by atoms with Crippen LogP contribution in [0.1, 0.15) is 18.9 Å². The number of hydrogen-bond donors (Lipinski definition) is 0. The molecule has 0 aliphatic carbocycles. The van der Waals surface area contributed by atoms with Crippen molar-refractivity contribution in [3.8, 4) is 0 Å². The standard InChI is InChI=1S/C15H14ClNOS/c1-11(18)19-9-3-2-4-12-7-8-17-15-10-13(16)5-6-14(12)15/h2,4-8,10H,3,9H2,1H3. The van der Waals surface area contributed by atoms with Crippen molar-refractivity contribution in [1.82, 2.24) is 4.98 Å². The molecule has 1 aromatic carbocycles. The van der Waals surface area contributed by atoms with E-state index >= 15 is 0 Å². The quantitative estimate of drug-likeness (QED) is 0.773. The first-order chi connectivity index (χ1) is 9.16. The van der Waals surface area contributed by atoms with Crippen molar-refractivity contribution in [2.24, 2.45) is 0 Å². The van der Waals surface area contributed by atoms with Crippen LogP contribution in [0.3, 0.4) is 0 Å². The average Bonchev–Trinajstić information content (AvgIpc) is 2.37. The first-order valence-corrected chi connectivity index (χ1v) is 7.37. The van der Waals surface area contributed by atoms with Crippen LogP contribution in [0.5, 0.6) is 0 Å². The molecule has 0 unspecified atom stereocenters. The van der Waals surface area contributed by atoms with Crippen molar-refractivity contribution in [3.63, 3.8) is 0 Å². The fourth-order valence-electron chi connectivity index (χ4n) is 1.77. The third kappa shape index (κ3) is 4.08. The zero-order valence-corrected chi connectivity index (χ0v) is 12.2. The van der Waals surface area contributed by atoms with E-state index in [-0.39, 0.29) is 5.12 Å². The molecule has 0 aliphatic heterocycles. The number of nitrogens with zero attached hydrogens (tertiary/aromatic N) is 1. The average molecular weight is 292 g/mol. The Morgan fingerprint density at radius 2 is 2.26 bits per heavy atom. The van der Waals surface area contributed by atoms with Gasteiger partial charge in [-0.25, -0.2) is 0 Å². The van der Waals surface area contributed by atoms with Crippen molar-refractivity contribution in [2.45, 2.75) is 13.3 Å². The summed E-state index contributed by atoms with van der Waals surface area (Å²) in [5.41, 5.74) is 2.02. The van der Waals surface area contributed by atoms with Crippen LogP contribution in [0.15, 0.2) is 36.5 Å². The number of pyridine rings is 1. The zero-order chi connectivity index (χ0) is 13.7. The monoisotopic (exact) mass is 291 g/mol. The van der Waals surface area contributed by atoms with Gasteiger partial charge in [0, 0.05) is 29.3 Å². The summed E-state index contributed by atoms with van der Waals surface area (Å²) in [7, 11) is 0. The number of carbonyl (C=O) groups is 1. The van der Waals surface area contributed by atoms with Crippen molar-refractivity contribution >= 4 is 45.5 Å². The molecule has 19 heavy (non-hydrogen) atoms.